The van der Waals surface area contributed by atoms with E-state index in [4.69, 9.17) is 5.14 Å². The summed E-state index contributed by atoms with van der Waals surface area (Å²) in [5.41, 5.74) is 0. The molecule has 0 heterocycles. The van der Waals surface area contributed by atoms with Crippen molar-refractivity contribution < 1.29 is 8.42 Å². The molecule has 0 unspecified atom stereocenters. The summed E-state index contributed by atoms with van der Waals surface area (Å²) < 4.78 is 20.6. The molecule has 0 aromatic rings. The second-order valence-corrected chi connectivity index (χ2v) is 3.90. The van der Waals surface area contributed by atoms with E-state index in [1.54, 1.807) is 19.0 Å². The summed E-state index contributed by atoms with van der Waals surface area (Å²) in [6.45, 7) is 0.485. The number of sulfonamides is 1. The van der Waals surface area contributed by atoms with Crippen LogP contribution in [0.4, 0.5) is 0 Å². The lowest BCUT2D eigenvalue weighted by Crippen LogP contribution is -2.26. The highest BCUT2D eigenvalue weighted by Gasteiger charge is 2.01. The van der Waals surface area contributed by atoms with Gasteiger partial charge in [0.1, 0.15) is 0 Å². The van der Waals surface area contributed by atoms with E-state index in [-0.39, 0.29) is 5.75 Å². The first kappa shape index (κ1) is 8.87. The third-order valence-corrected chi connectivity index (χ3v) is 1.57. The zero-order valence-corrected chi connectivity index (χ0v) is 6.48. The first-order valence-corrected chi connectivity index (χ1v) is 4.28. The number of nitrogens with two attached hydrogens (primary N) is 1. The molecule has 0 spiro atoms. The van der Waals surface area contributed by atoms with Crippen LogP contribution in [0.3, 0.4) is 0 Å². The zero-order valence-electron chi connectivity index (χ0n) is 5.66. The highest BCUT2D eigenvalue weighted by atomic mass is 32.2. The number of nitrogens with zero attached hydrogens (tertiary/aromatic N) is 1. The van der Waals surface area contributed by atoms with Gasteiger partial charge in [0.05, 0.1) is 5.75 Å². The van der Waals surface area contributed by atoms with Crippen molar-refractivity contribution in [3.8, 4) is 0 Å². The van der Waals surface area contributed by atoms with E-state index in [2.05, 4.69) is 0 Å². The van der Waals surface area contributed by atoms with Crippen molar-refractivity contribution in [3.63, 3.8) is 0 Å². The molecule has 0 bridgehead atoms. The fraction of sp³-hybridized carbons (Fsp3) is 1.00. The Morgan fingerprint density at radius 3 is 2.00 bits per heavy atom. The summed E-state index contributed by atoms with van der Waals surface area (Å²) >= 11 is 0. The predicted molar refractivity (Wildman–Crippen MR) is 36.5 cm³/mol. The van der Waals surface area contributed by atoms with Crippen LogP contribution in [0, 0.1) is 0 Å². The van der Waals surface area contributed by atoms with Crippen LogP contribution in [-0.2, 0) is 10.0 Å². The first-order valence-electron chi connectivity index (χ1n) is 2.57. The quantitative estimate of drug-likeness (QED) is 0.554. The van der Waals surface area contributed by atoms with E-state index < -0.39 is 10.0 Å². The van der Waals surface area contributed by atoms with E-state index in [0.29, 0.717) is 6.54 Å². The van der Waals surface area contributed by atoms with Crippen LogP contribution in [0.2, 0.25) is 0 Å². The zero-order chi connectivity index (χ0) is 7.49. The Labute approximate surface area is 55.7 Å². The smallest absolute Gasteiger partial charge is 0.210 e. The molecule has 0 atom stereocenters. The summed E-state index contributed by atoms with van der Waals surface area (Å²) in [5, 5.41) is 4.73. The second-order valence-electron chi connectivity index (χ2n) is 2.17. The molecule has 0 aliphatic rings. The molecule has 0 amide bonds. The van der Waals surface area contributed by atoms with E-state index in [9.17, 15) is 8.42 Å². The average molecular weight is 152 g/mol. The van der Waals surface area contributed by atoms with E-state index in [1.165, 1.54) is 0 Å². The first-order chi connectivity index (χ1) is 3.92. The topological polar surface area (TPSA) is 63.4 Å². The largest absolute Gasteiger partial charge is 0.308 e. The molecule has 9 heavy (non-hydrogen) atoms. The SMILES string of the molecule is CN(C)CCS(N)(=O)=O. The molecule has 5 heteroatoms. The minimum absolute atomic E-state index is 0.0278. The van der Waals surface area contributed by atoms with Crippen molar-refractivity contribution in [3.05, 3.63) is 0 Å². The van der Waals surface area contributed by atoms with Gasteiger partial charge in [-0.05, 0) is 14.1 Å². The lowest BCUT2D eigenvalue weighted by Gasteiger charge is -2.06. The Balaban J connectivity index is 3.53. The van der Waals surface area contributed by atoms with Gasteiger partial charge in [-0.15, -0.1) is 0 Å². The Bertz CT molecular complexity index is 161. The maximum atomic E-state index is 10.3. The molecule has 0 aliphatic carbocycles. The molecule has 0 radical (unpaired) electrons. The summed E-state index contributed by atoms with van der Waals surface area (Å²) in [4.78, 5) is 1.77. The summed E-state index contributed by atoms with van der Waals surface area (Å²) in [6, 6.07) is 0. The number of hydrogen-bond donors (Lipinski definition) is 1. The molecule has 56 valence electrons. The highest BCUT2D eigenvalue weighted by molar-refractivity contribution is 7.89. The molecule has 0 fully saturated rings. The third-order valence-electron chi connectivity index (χ3n) is 0.823. The molecule has 0 saturated heterocycles. The molecule has 0 rings (SSSR count). The summed E-state index contributed by atoms with van der Waals surface area (Å²) in [5.74, 6) is 0.0278. The Kier molecular flexibility index (Phi) is 3.10. The van der Waals surface area contributed by atoms with Crippen molar-refractivity contribution in [1.29, 1.82) is 0 Å². The molecule has 0 aromatic heterocycles. The van der Waals surface area contributed by atoms with Gasteiger partial charge in [0, 0.05) is 6.54 Å². The van der Waals surface area contributed by atoms with E-state index in [1.807, 2.05) is 0 Å². The van der Waals surface area contributed by atoms with Crippen molar-refractivity contribution in [2.45, 2.75) is 0 Å². The van der Waals surface area contributed by atoms with Gasteiger partial charge in [-0.25, -0.2) is 13.6 Å². The normalized spacial score (nSPS) is 12.4. The molecule has 4 nitrogen and oxygen atoms in total. The van der Waals surface area contributed by atoms with Gasteiger partial charge in [-0.1, -0.05) is 0 Å². The highest BCUT2D eigenvalue weighted by Crippen LogP contribution is 1.79. The van der Waals surface area contributed by atoms with Gasteiger partial charge in [-0.3, -0.25) is 0 Å². The van der Waals surface area contributed by atoms with Crippen molar-refractivity contribution in [1.82, 2.24) is 4.90 Å². The number of primary sulfonamides is 1. The van der Waals surface area contributed by atoms with Crippen LogP contribution in [0.5, 0.6) is 0 Å². The van der Waals surface area contributed by atoms with Crippen molar-refractivity contribution in [2.75, 3.05) is 26.4 Å². The maximum absolute atomic E-state index is 10.3. The molecular formula is C4H12N2O2S. The fourth-order valence-electron chi connectivity index (χ4n) is 0.310. The van der Waals surface area contributed by atoms with Crippen molar-refractivity contribution in [2.24, 2.45) is 5.14 Å². The molecule has 2 N–H and O–H groups in total. The number of rotatable bonds is 3. The third kappa shape index (κ3) is 7.87. The lowest BCUT2D eigenvalue weighted by atomic mass is 10.7. The van der Waals surface area contributed by atoms with Crippen LogP contribution in [0.25, 0.3) is 0 Å². The predicted octanol–water partition coefficient (Wildman–Crippen LogP) is -1.16. The monoisotopic (exact) mass is 152 g/mol. The maximum Gasteiger partial charge on any atom is 0.210 e. The van der Waals surface area contributed by atoms with Crippen molar-refractivity contribution >= 4 is 10.0 Å². The molecule has 0 aliphatic heterocycles. The summed E-state index contributed by atoms with van der Waals surface area (Å²) in [6.07, 6.45) is 0. The van der Waals surface area contributed by atoms with E-state index >= 15 is 0 Å². The van der Waals surface area contributed by atoms with Crippen LogP contribution in [0.15, 0.2) is 0 Å². The summed E-state index contributed by atoms with van der Waals surface area (Å²) in [7, 11) is 0.333. The van der Waals surface area contributed by atoms with Gasteiger partial charge in [0.15, 0.2) is 0 Å². The standard InChI is InChI=1S/C4H12N2O2S/c1-6(2)3-4-9(5,7)8/h3-4H2,1-2H3,(H2,5,7,8). The molecule has 0 saturated carbocycles. The Hall–Kier alpha value is -0.130. The van der Waals surface area contributed by atoms with Gasteiger partial charge in [-0.2, -0.15) is 0 Å². The second kappa shape index (κ2) is 3.14. The Morgan fingerprint density at radius 2 is 1.89 bits per heavy atom. The van der Waals surface area contributed by atoms with Gasteiger partial charge >= 0.3 is 0 Å². The fourth-order valence-corrected chi connectivity index (χ4v) is 0.929. The minimum Gasteiger partial charge on any atom is -0.308 e. The van der Waals surface area contributed by atoms with Gasteiger partial charge in [0.2, 0.25) is 10.0 Å². The van der Waals surface area contributed by atoms with Crippen LogP contribution >= 0.6 is 0 Å². The number of hydrogen-bond acceptors (Lipinski definition) is 3. The minimum atomic E-state index is -3.26. The van der Waals surface area contributed by atoms with Crippen LogP contribution in [-0.4, -0.2) is 39.7 Å². The molecular weight excluding hydrogens is 140 g/mol. The van der Waals surface area contributed by atoms with Crippen LogP contribution < -0.4 is 5.14 Å². The average Bonchev–Trinajstić information content (AvgIpc) is 1.59. The lowest BCUT2D eigenvalue weighted by molar-refractivity contribution is 0.432. The molecule has 0 aromatic carbocycles. The van der Waals surface area contributed by atoms with Gasteiger partial charge in [0.25, 0.3) is 0 Å². The van der Waals surface area contributed by atoms with E-state index in [0.717, 1.165) is 0 Å². The Morgan fingerprint density at radius 1 is 1.44 bits per heavy atom. The van der Waals surface area contributed by atoms with Crippen LogP contribution in [0.1, 0.15) is 0 Å². The van der Waals surface area contributed by atoms with Gasteiger partial charge < -0.3 is 4.90 Å².